The molecular weight excluding hydrogens is 302 g/mol. The number of rotatable bonds is 10. The first-order chi connectivity index (χ1) is 11.7. The molecular formula is C20H33NO3. The van der Waals surface area contributed by atoms with Crippen LogP contribution < -0.4 is 4.74 Å². The van der Waals surface area contributed by atoms with Crippen LogP contribution in [0.15, 0.2) is 24.3 Å². The lowest BCUT2D eigenvalue weighted by Crippen LogP contribution is -2.46. The predicted molar refractivity (Wildman–Crippen MR) is 97.5 cm³/mol. The molecule has 2 atom stereocenters. The first-order valence-corrected chi connectivity index (χ1v) is 9.39. The average Bonchev–Trinajstić information content (AvgIpc) is 2.62. The van der Waals surface area contributed by atoms with E-state index in [1.165, 1.54) is 37.7 Å². The molecule has 24 heavy (non-hydrogen) atoms. The van der Waals surface area contributed by atoms with Crippen molar-refractivity contribution in [2.45, 2.75) is 63.5 Å². The quantitative estimate of drug-likeness (QED) is 0.646. The van der Waals surface area contributed by atoms with Crippen molar-refractivity contribution in [1.29, 1.82) is 0 Å². The standard InChI is InChI=1S/C20H33NO3/c1-24-20-10-8-17(9-11-20)7-5-3-2-4-6-13-21-14-12-19(23)15-18(21)16-22/h8-11,18-19,22-23H,2-7,12-16H2,1H3. The van der Waals surface area contributed by atoms with Crippen molar-refractivity contribution in [3.63, 3.8) is 0 Å². The van der Waals surface area contributed by atoms with E-state index in [4.69, 9.17) is 4.74 Å². The molecule has 136 valence electrons. The molecule has 0 spiro atoms. The highest BCUT2D eigenvalue weighted by Gasteiger charge is 2.25. The van der Waals surface area contributed by atoms with Crippen molar-refractivity contribution in [2.24, 2.45) is 0 Å². The third-order valence-electron chi connectivity index (χ3n) is 5.09. The Kier molecular flexibility index (Phi) is 8.57. The summed E-state index contributed by atoms with van der Waals surface area (Å²) in [7, 11) is 1.70. The minimum absolute atomic E-state index is 0.156. The molecule has 4 nitrogen and oxygen atoms in total. The fourth-order valence-corrected chi connectivity index (χ4v) is 3.53. The molecule has 2 unspecified atom stereocenters. The summed E-state index contributed by atoms with van der Waals surface area (Å²) in [5, 5.41) is 19.1. The van der Waals surface area contributed by atoms with Gasteiger partial charge < -0.3 is 14.9 Å². The van der Waals surface area contributed by atoms with Gasteiger partial charge in [-0.3, -0.25) is 4.90 Å². The molecule has 2 rings (SSSR count). The van der Waals surface area contributed by atoms with Crippen molar-refractivity contribution >= 4 is 0 Å². The Hall–Kier alpha value is -1.10. The van der Waals surface area contributed by atoms with Crippen molar-refractivity contribution in [2.75, 3.05) is 26.8 Å². The Morgan fingerprint density at radius 1 is 1.08 bits per heavy atom. The Morgan fingerprint density at radius 2 is 1.79 bits per heavy atom. The van der Waals surface area contributed by atoms with Gasteiger partial charge in [0.15, 0.2) is 0 Å². The Labute approximate surface area is 146 Å². The molecule has 0 bridgehead atoms. The van der Waals surface area contributed by atoms with E-state index in [2.05, 4.69) is 17.0 Å². The van der Waals surface area contributed by atoms with E-state index in [0.29, 0.717) is 0 Å². The summed E-state index contributed by atoms with van der Waals surface area (Å²) in [5.41, 5.74) is 1.38. The summed E-state index contributed by atoms with van der Waals surface area (Å²) in [4.78, 5) is 2.35. The normalized spacial score (nSPS) is 21.8. The summed E-state index contributed by atoms with van der Waals surface area (Å²) in [6, 6.07) is 8.52. The zero-order valence-corrected chi connectivity index (χ0v) is 15.0. The summed E-state index contributed by atoms with van der Waals surface area (Å²) in [6.07, 6.45) is 8.70. The minimum atomic E-state index is -0.226. The summed E-state index contributed by atoms with van der Waals surface area (Å²) in [5.74, 6) is 0.921. The van der Waals surface area contributed by atoms with Crippen molar-refractivity contribution in [3.05, 3.63) is 29.8 Å². The summed E-state index contributed by atoms with van der Waals surface area (Å²) < 4.78 is 5.18. The van der Waals surface area contributed by atoms with Gasteiger partial charge in [-0.25, -0.2) is 0 Å². The number of hydrogen-bond donors (Lipinski definition) is 2. The first kappa shape index (κ1) is 19.2. The van der Waals surface area contributed by atoms with E-state index < -0.39 is 0 Å². The highest BCUT2D eigenvalue weighted by atomic mass is 16.5. The van der Waals surface area contributed by atoms with E-state index in [-0.39, 0.29) is 18.8 Å². The zero-order valence-electron chi connectivity index (χ0n) is 15.0. The Morgan fingerprint density at radius 3 is 2.50 bits per heavy atom. The van der Waals surface area contributed by atoms with Crippen LogP contribution in [0.4, 0.5) is 0 Å². The molecule has 0 amide bonds. The molecule has 0 radical (unpaired) electrons. The summed E-state index contributed by atoms with van der Waals surface area (Å²) in [6.45, 7) is 2.14. The zero-order chi connectivity index (χ0) is 17.2. The van der Waals surface area contributed by atoms with Crippen LogP contribution in [0, 0.1) is 0 Å². The fraction of sp³-hybridized carbons (Fsp3) is 0.700. The number of piperidine rings is 1. The molecule has 1 aliphatic heterocycles. The van der Waals surface area contributed by atoms with Crippen LogP contribution in [0.5, 0.6) is 5.75 Å². The number of ether oxygens (including phenoxy) is 1. The maximum absolute atomic E-state index is 9.68. The van der Waals surface area contributed by atoms with Crippen molar-refractivity contribution < 1.29 is 14.9 Å². The number of hydrogen-bond acceptors (Lipinski definition) is 4. The molecule has 4 heteroatoms. The van der Waals surface area contributed by atoms with Crippen LogP contribution in [0.2, 0.25) is 0 Å². The van der Waals surface area contributed by atoms with Crippen LogP contribution in [0.25, 0.3) is 0 Å². The highest BCUT2D eigenvalue weighted by Crippen LogP contribution is 2.18. The van der Waals surface area contributed by atoms with E-state index in [1.807, 2.05) is 12.1 Å². The highest BCUT2D eigenvalue weighted by molar-refractivity contribution is 5.27. The number of aliphatic hydroxyl groups excluding tert-OH is 2. The van der Waals surface area contributed by atoms with Gasteiger partial charge in [0, 0.05) is 12.6 Å². The second kappa shape index (κ2) is 10.7. The number of likely N-dealkylation sites (tertiary alicyclic amines) is 1. The lowest BCUT2D eigenvalue weighted by Gasteiger charge is -2.36. The van der Waals surface area contributed by atoms with Gasteiger partial charge in [-0.15, -0.1) is 0 Å². The molecule has 1 heterocycles. The molecule has 1 saturated heterocycles. The fourth-order valence-electron chi connectivity index (χ4n) is 3.53. The maximum Gasteiger partial charge on any atom is 0.118 e. The number of methoxy groups -OCH3 is 1. The second-order valence-corrected chi connectivity index (χ2v) is 6.92. The second-order valence-electron chi connectivity index (χ2n) is 6.92. The Balaban J connectivity index is 1.52. The van der Waals surface area contributed by atoms with Crippen LogP contribution >= 0.6 is 0 Å². The maximum atomic E-state index is 9.68. The van der Waals surface area contributed by atoms with E-state index in [1.54, 1.807) is 7.11 Å². The lowest BCUT2D eigenvalue weighted by molar-refractivity contribution is 0.0163. The molecule has 1 fully saturated rings. The van der Waals surface area contributed by atoms with Gasteiger partial charge in [-0.05, 0) is 56.3 Å². The number of aliphatic hydroxyl groups is 2. The van der Waals surface area contributed by atoms with Gasteiger partial charge in [0.2, 0.25) is 0 Å². The van der Waals surface area contributed by atoms with Crippen LogP contribution in [-0.2, 0) is 6.42 Å². The number of unbranched alkanes of at least 4 members (excludes halogenated alkanes) is 4. The molecule has 1 aliphatic rings. The van der Waals surface area contributed by atoms with Gasteiger partial charge in [0.05, 0.1) is 19.8 Å². The van der Waals surface area contributed by atoms with Gasteiger partial charge >= 0.3 is 0 Å². The number of nitrogens with zero attached hydrogens (tertiary/aromatic N) is 1. The first-order valence-electron chi connectivity index (χ1n) is 9.39. The van der Waals surface area contributed by atoms with Gasteiger partial charge in [0.25, 0.3) is 0 Å². The van der Waals surface area contributed by atoms with Crippen LogP contribution in [-0.4, -0.2) is 54.1 Å². The van der Waals surface area contributed by atoms with Gasteiger partial charge in [-0.2, -0.15) is 0 Å². The lowest BCUT2D eigenvalue weighted by atomic mass is 9.99. The third-order valence-corrected chi connectivity index (χ3v) is 5.09. The Bertz CT molecular complexity index is 449. The molecule has 0 saturated carbocycles. The number of aryl methyl sites for hydroxylation is 1. The number of benzene rings is 1. The topological polar surface area (TPSA) is 52.9 Å². The largest absolute Gasteiger partial charge is 0.497 e. The summed E-state index contributed by atoms with van der Waals surface area (Å²) >= 11 is 0. The van der Waals surface area contributed by atoms with Crippen LogP contribution in [0.3, 0.4) is 0 Å². The predicted octanol–water partition coefficient (Wildman–Crippen LogP) is 3.01. The monoisotopic (exact) mass is 335 g/mol. The minimum Gasteiger partial charge on any atom is -0.497 e. The SMILES string of the molecule is COc1ccc(CCCCCCCN2CCC(O)CC2CO)cc1. The molecule has 2 N–H and O–H groups in total. The average molecular weight is 335 g/mol. The van der Waals surface area contributed by atoms with Crippen LogP contribution in [0.1, 0.15) is 50.5 Å². The molecule has 1 aromatic carbocycles. The van der Waals surface area contributed by atoms with E-state index in [9.17, 15) is 10.2 Å². The molecule has 0 aromatic heterocycles. The molecule has 1 aromatic rings. The van der Waals surface area contributed by atoms with Gasteiger partial charge in [-0.1, -0.05) is 31.4 Å². The smallest absolute Gasteiger partial charge is 0.118 e. The molecule has 0 aliphatic carbocycles. The van der Waals surface area contributed by atoms with Crippen molar-refractivity contribution in [3.8, 4) is 5.75 Å². The van der Waals surface area contributed by atoms with E-state index >= 15 is 0 Å². The van der Waals surface area contributed by atoms with Gasteiger partial charge in [0.1, 0.15) is 5.75 Å². The van der Waals surface area contributed by atoms with Crippen molar-refractivity contribution in [1.82, 2.24) is 4.90 Å². The van der Waals surface area contributed by atoms with E-state index in [0.717, 1.165) is 38.1 Å². The third kappa shape index (κ3) is 6.42.